The van der Waals surface area contributed by atoms with Crippen LogP contribution in [0.15, 0.2) is 18.2 Å². The lowest BCUT2D eigenvalue weighted by Gasteiger charge is -2.26. The molecule has 4 nitrogen and oxygen atoms in total. The maximum atomic E-state index is 11.6. The zero-order valence-corrected chi connectivity index (χ0v) is 9.45. The molecule has 2 rings (SSSR count). The molecule has 0 fully saturated rings. The maximum Gasteiger partial charge on any atom is 0.327 e. The number of rotatable bonds is 2. The van der Waals surface area contributed by atoms with Gasteiger partial charge in [0.15, 0.2) is 0 Å². The summed E-state index contributed by atoms with van der Waals surface area (Å²) < 4.78 is 10.1. The lowest BCUT2D eigenvalue weighted by Crippen LogP contribution is -2.35. The third-order valence-electron chi connectivity index (χ3n) is 2.86. The van der Waals surface area contributed by atoms with Crippen LogP contribution in [0.1, 0.15) is 17.2 Å². The Morgan fingerprint density at radius 2 is 2.25 bits per heavy atom. The topological polar surface area (TPSA) is 47.6 Å². The molecule has 1 N–H and O–H groups in total. The average molecular weight is 221 g/mol. The summed E-state index contributed by atoms with van der Waals surface area (Å²) >= 11 is 0. The Morgan fingerprint density at radius 3 is 2.94 bits per heavy atom. The van der Waals surface area contributed by atoms with Gasteiger partial charge in [0, 0.05) is 12.1 Å². The number of benzene rings is 1. The summed E-state index contributed by atoms with van der Waals surface area (Å²) in [7, 11) is 3.04. The van der Waals surface area contributed by atoms with Crippen molar-refractivity contribution in [2.75, 3.05) is 20.8 Å². The van der Waals surface area contributed by atoms with E-state index in [2.05, 4.69) is 5.32 Å². The number of nitrogens with one attached hydrogen (secondary N) is 1. The smallest absolute Gasteiger partial charge is 0.327 e. The Kier molecular flexibility index (Phi) is 3.10. The normalized spacial score (nSPS) is 18.8. The molecule has 0 saturated heterocycles. The number of hydrogen-bond acceptors (Lipinski definition) is 4. The standard InChI is InChI=1S/C12H15NO3/c1-15-10-5-3-4-9-8(10)6-7-13-11(9)12(14)16-2/h3-5,11,13H,6-7H2,1-2H3. The van der Waals surface area contributed by atoms with E-state index in [1.54, 1.807) is 7.11 Å². The molecule has 0 saturated carbocycles. The Bertz CT molecular complexity index is 403. The van der Waals surface area contributed by atoms with E-state index in [-0.39, 0.29) is 12.0 Å². The highest BCUT2D eigenvalue weighted by Crippen LogP contribution is 2.30. The Labute approximate surface area is 94.6 Å². The highest BCUT2D eigenvalue weighted by Gasteiger charge is 2.28. The third kappa shape index (κ3) is 1.76. The molecule has 0 spiro atoms. The number of fused-ring (bicyclic) bond motifs is 1. The van der Waals surface area contributed by atoms with E-state index in [0.29, 0.717) is 0 Å². The van der Waals surface area contributed by atoms with E-state index in [1.165, 1.54) is 7.11 Å². The molecule has 86 valence electrons. The van der Waals surface area contributed by atoms with Gasteiger partial charge in [0.2, 0.25) is 0 Å². The predicted molar refractivity (Wildman–Crippen MR) is 59.5 cm³/mol. The van der Waals surface area contributed by atoms with E-state index in [9.17, 15) is 4.79 Å². The van der Waals surface area contributed by atoms with Gasteiger partial charge in [-0.05, 0) is 18.1 Å². The summed E-state index contributed by atoms with van der Waals surface area (Å²) in [6.07, 6.45) is 0.868. The fourth-order valence-electron chi connectivity index (χ4n) is 2.09. The Balaban J connectivity index is 2.43. The van der Waals surface area contributed by atoms with Crippen molar-refractivity contribution in [1.29, 1.82) is 0 Å². The zero-order chi connectivity index (χ0) is 11.5. The molecular formula is C12H15NO3. The van der Waals surface area contributed by atoms with Crippen LogP contribution in [0.3, 0.4) is 0 Å². The summed E-state index contributed by atoms with van der Waals surface area (Å²) in [5.41, 5.74) is 2.05. The van der Waals surface area contributed by atoms with Gasteiger partial charge in [-0.3, -0.25) is 0 Å². The second kappa shape index (κ2) is 4.53. The SMILES string of the molecule is COC(=O)C1NCCc2c(OC)cccc21. The van der Waals surface area contributed by atoms with Gasteiger partial charge in [0.1, 0.15) is 11.8 Å². The predicted octanol–water partition coefficient (Wildman–Crippen LogP) is 1.05. The van der Waals surface area contributed by atoms with Crippen LogP contribution in [-0.4, -0.2) is 26.7 Å². The van der Waals surface area contributed by atoms with Crippen LogP contribution in [0.4, 0.5) is 0 Å². The van der Waals surface area contributed by atoms with Gasteiger partial charge in [-0.25, -0.2) is 4.79 Å². The summed E-state index contributed by atoms with van der Waals surface area (Å²) in [6.45, 7) is 0.757. The quantitative estimate of drug-likeness (QED) is 0.758. The number of ether oxygens (including phenoxy) is 2. The average Bonchev–Trinajstić information content (AvgIpc) is 2.36. The number of carbonyl (C=O) groups excluding carboxylic acids is 1. The van der Waals surface area contributed by atoms with Gasteiger partial charge in [0.05, 0.1) is 14.2 Å². The van der Waals surface area contributed by atoms with Crippen molar-refractivity contribution in [3.05, 3.63) is 29.3 Å². The third-order valence-corrected chi connectivity index (χ3v) is 2.86. The molecule has 0 amide bonds. The second-order valence-corrected chi connectivity index (χ2v) is 3.69. The largest absolute Gasteiger partial charge is 0.496 e. The van der Waals surface area contributed by atoms with Gasteiger partial charge in [0.25, 0.3) is 0 Å². The summed E-state index contributed by atoms with van der Waals surface area (Å²) in [5.74, 6) is 0.585. The lowest BCUT2D eigenvalue weighted by molar-refractivity contribution is -0.143. The summed E-state index contributed by atoms with van der Waals surface area (Å²) in [4.78, 5) is 11.6. The van der Waals surface area contributed by atoms with Crippen LogP contribution < -0.4 is 10.1 Å². The van der Waals surface area contributed by atoms with Crippen molar-refractivity contribution in [2.45, 2.75) is 12.5 Å². The molecule has 1 unspecified atom stereocenters. The highest BCUT2D eigenvalue weighted by molar-refractivity contribution is 5.78. The van der Waals surface area contributed by atoms with Crippen LogP contribution in [-0.2, 0) is 16.0 Å². The Morgan fingerprint density at radius 1 is 1.44 bits per heavy atom. The molecule has 1 atom stereocenters. The molecule has 1 aromatic rings. The monoisotopic (exact) mass is 221 g/mol. The molecule has 0 radical (unpaired) electrons. The van der Waals surface area contributed by atoms with E-state index < -0.39 is 0 Å². The number of carbonyl (C=O) groups is 1. The molecule has 0 bridgehead atoms. The van der Waals surface area contributed by atoms with Gasteiger partial charge in [-0.1, -0.05) is 12.1 Å². The highest BCUT2D eigenvalue weighted by atomic mass is 16.5. The minimum absolute atomic E-state index is 0.255. The van der Waals surface area contributed by atoms with Gasteiger partial charge in [-0.2, -0.15) is 0 Å². The van der Waals surface area contributed by atoms with Crippen LogP contribution in [0.5, 0.6) is 5.75 Å². The molecule has 1 aliphatic heterocycles. The van der Waals surface area contributed by atoms with E-state index in [1.807, 2.05) is 18.2 Å². The molecule has 16 heavy (non-hydrogen) atoms. The van der Waals surface area contributed by atoms with E-state index in [0.717, 1.165) is 29.8 Å². The Hall–Kier alpha value is -1.55. The van der Waals surface area contributed by atoms with Crippen molar-refractivity contribution < 1.29 is 14.3 Å². The summed E-state index contributed by atoms with van der Waals surface area (Å²) in [6, 6.07) is 5.37. The van der Waals surface area contributed by atoms with Gasteiger partial charge >= 0.3 is 5.97 Å². The molecule has 4 heteroatoms. The minimum atomic E-state index is -0.371. The maximum absolute atomic E-state index is 11.6. The summed E-state index contributed by atoms with van der Waals surface area (Å²) in [5, 5.41) is 3.15. The van der Waals surface area contributed by atoms with Crippen molar-refractivity contribution in [2.24, 2.45) is 0 Å². The zero-order valence-electron chi connectivity index (χ0n) is 9.45. The van der Waals surface area contributed by atoms with Crippen LogP contribution >= 0.6 is 0 Å². The second-order valence-electron chi connectivity index (χ2n) is 3.69. The molecule has 1 aromatic carbocycles. The molecule has 0 aromatic heterocycles. The molecule has 0 aliphatic carbocycles. The molecule has 1 heterocycles. The first kappa shape index (κ1) is 11.0. The van der Waals surface area contributed by atoms with Gasteiger partial charge in [-0.15, -0.1) is 0 Å². The number of methoxy groups -OCH3 is 2. The van der Waals surface area contributed by atoms with E-state index in [4.69, 9.17) is 9.47 Å². The van der Waals surface area contributed by atoms with Crippen molar-refractivity contribution in [3.8, 4) is 5.75 Å². The molecule has 1 aliphatic rings. The minimum Gasteiger partial charge on any atom is -0.496 e. The first-order valence-electron chi connectivity index (χ1n) is 5.25. The fourth-order valence-corrected chi connectivity index (χ4v) is 2.09. The van der Waals surface area contributed by atoms with Crippen LogP contribution in [0.25, 0.3) is 0 Å². The fraction of sp³-hybridized carbons (Fsp3) is 0.417. The number of hydrogen-bond donors (Lipinski definition) is 1. The van der Waals surface area contributed by atoms with Crippen LogP contribution in [0.2, 0.25) is 0 Å². The molecular weight excluding hydrogens is 206 g/mol. The van der Waals surface area contributed by atoms with Crippen molar-refractivity contribution in [1.82, 2.24) is 5.32 Å². The number of esters is 1. The van der Waals surface area contributed by atoms with Crippen molar-refractivity contribution in [3.63, 3.8) is 0 Å². The van der Waals surface area contributed by atoms with Gasteiger partial charge < -0.3 is 14.8 Å². The van der Waals surface area contributed by atoms with E-state index >= 15 is 0 Å². The van der Waals surface area contributed by atoms with Crippen LogP contribution in [0, 0.1) is 0 Å². The lowest BCUT2D eigenvalue weighted by atomic mass is 9.93. The first-order chi connectivity index (χ1) is 7.77. The van der Waals surface area contributed by atoms with Crippen molar-refractivity contribution >= 4 is 5.97 Å². The first-order valence-corrected chi connectivity index (χ1v) is 5.25.